The third kappa shape index (κ3) is 2.14. The van der Waals surface area contributed by atoms with E-state index >= 15 is 0 Å². The summed E-state index contributed by atoms with van der Waals surface area (Å²) >= 11 is 0. The topological polar surface area (TPSA) is 6.48 Å². The van der Waals surface area contributed by atoms with Gasteiger partial charge in [-0.15, -0.1) is 0 Å². The molecule has 2 aliphatic heterocycles. The standard InChI is InChI=1S/C28H23BN2/c1-30-24-12-7-13-25-26(24)29(22-16-14-18-8-3-5-10-20(18)27(22)30)23-17-15-19-9-4-6-11-21(19)28(23)31(25)2/h3-17,22,27H,1-2H3. The van der Waals surface area contributed by atoms with Crippen molar-refractivity contribution in [2.45, 2.75) is 11.9 Å². The SMILES string of the molecule is CN1c2cccc3c2B(c2ccc4ccccc4c21)C1C=Cc2ccccc2C1N3C. The molecule has 0 saturated carbocycles. The van der Waals surface area contributed by atoms with Crippen LogP contribution in [0.4, 0.5) is 17.1 Å². The largest absolute Gasteiger partial charge is 0.368 e. The number of rotatable bonds is 0. The van der Waals surface area contributed by atoms with Gasteiger partial charge in [0.05, 0.1) is 6.04 Å². The second kappa shape index (κ2) is 6.04. The highest BCUT2D eigenvalue weighted by atomic mass is 15.2. The predicted octanol–water partition coefficient (Wildman–Crippen LogP) is 5.12. The molecule has 148 valence electrons. The van der Waals surface area contributed by atoms with Crippen LogP contribution in [0, 0.1) is 0 Å². The number of anilines is 3. The van der Waals surface area contributed by atoms with Crippen molar-refractivity contribution in [1.29, 1.82) is 0 Å². The van der Waals surface area contributed by atoms with Crippen LogP contribution in [-0.2, 0) is 0 Å². The van der Waals surface area contributed by atoms with E-state index in [1.165, 1.54) is 49.9 Å². The maximum atomic E-state index is 2.52. The average Bonchev–Trinajstić information content (AvgIpc) is 2.82. The summed E-state index contributed by atoms with van der Waals surface area (Å²) in [7, 11) is 4.50. The molecule has 0 N–H and O–H groups in total. The van der Waals surface area contributed by atoms with Crippen molar-refractivity contribution in [3.63, 3.8) is 0 Å². The second-order valence-electron chi connectivity index (χ2n) is 9.09. The average molecular weight is 398 g/mol. The highest BCUT2D eigenvalue weighted by molar-refractivity contribution is 6.91. The molecule has 31 heavy (non-hydrogen) atoms. The smallest absolute Gasteiger partial charge is 0.226 e. The van der Waals surface area contributed by atoms with Crippen LogP contribution in [-0.4, -0.2) is 20.8 Å². The second-order valence-corrected chi connectivity index (χ2v) is 9.09. The Kier molecular flexibility index (Phi) is 3.36. The molecule has 1 aliphatic carbocycles. The maximum Gasteiger partial charge on any atom is 0.226 e. The summed E-state index contributed by atoms with van der Waals surface area (Å²) in [5.41, 5.74) is 9.78. The van der Waals surface area contributed by atoms with Crippen LogP contribution in [0.5, 0.6) is 0 Å². The zero-order chi connectivity index (χ0) is 20.7. The Balaban J connectivity index is 1.56. The molecular weight excluding hydrogens is 375 g/mol. The van der Waals surface area contributed by atoms with Gasteiger partial charge in [0, 0.05) is 36.5 Å². The third-order valence-corrected chi connectivity index (χ3v) is 7.69. The van der Waals surface area contributed by atoms with E-state index in [0.717, 1.165) is 0 Å². The van der Waals surface area contributed by atoms with E-state index in [1.54, 1.807) is 0 Å². The molecule has 2 atom stereocenters. The Morgan fingerprint density at radius 2 is 1.58 bits per heavy atom. The van der Waals surface area contributed by atoms with Crippen LogP contribution in [0.3, 0.4) is 0 Å². The van der Waals surface area contributed by atoms with Crippen molar-refractivity contribution < 1.29 is 0 Å². The molecule has 0 fully saturated rings. The van der Waals surface area contributed by atoms with Gasteiger partial charge in [0.25, 0.3) is 0 Å². The fraction of sp³-hybridized carbons (Fsp3) is 0.143. The molecule has 0 amide bonds. The Labute approximate surface area is 183 Å². The van der Waals surface area contributed by atoms with E-state index < -0.39 is 0 Å². The van der Waals surface area contributed by atoms with Crippen LogP contribution in [0.2, 0.25) is 5.82 Å². The van der Waals surface area contributed by atoms with Gasteiger partial charge in [-0.25, -0.2) is 0 Å². The number of hydrogen-bond donors (Lipinski definition) is 0. The van der Waals surface area contributed by atoms with E-state index in [-0.39, 0.29) is 0 Å². The molecule has 2 nitrogen and oxygen atoms in total. The van der Waals surface area contributed by atoms with Crippen molar-refractivity contribution in [2.75, 3.05) is 23.9 Å². The molecule has 0 saturated heterocycles. The first-order valence-corrected chi connectivity index (χ1v) is 11.1. The molecule has 2 unspecified atom stereocenters. The number of nitrogens with zero attached hydrogens (tertiary/aromatic N) is 2. The highest BCUT2D eigenvalue weighted by Gasteiger charge is 2.48. The normalized spacial score (nSPS) is 20.3. The minimum Gasteiger partial charge on any atom is -0.368 e. The van der Waals surface area contributed by atoms with Gasteiger partial charge in [-0.1, -0.05) is 78.9 Å². The molecule has 0 spiro atoms. The molecule has 4 aromatic carbocycles. The van der Waals surface area contributed by atoms with Crippen molar-refractivity contribution in [3.8, 4) is 0 Å². The Morgan fingerprint density at radius 1 is 0.774 bits per heavy atom. The maximum absolute atomic E-state index is 2.52. The lowest BCUT2D eigenvalue weighted by Gasteiger charge is -2.50. The van der Waals surface area contributed by atoms with E-state index in [0.29, 0.717) is 18.6 Å². The first kappa shape index (κ1) is 17.2. The van der Waals surface area contributed by atoms with Gasteiger partial charge < -0.3 is 9.80 Å². The van der Waals surface area contributed by atoms with Crippen molar-refractivity contribution >= 4 is 51.5 Å². The zero-order valence-corrected chi connectivity index (χ0v) is 17.8. The van der Waals surface area contributed by atoms with E-state index in [1.807, 2.05) is 0 Å². The monoisotopic (exact) mass is 398 g/mol. The third-order valence-electron chi connectivity index (χ3n) is 7.69. The predicted molar refractivity (Wildman–Crippen MR) is 134 cm³/mol. The summed E-state index contributed by atoms with van der Waals surface area (Å²) in [6, 6.07) is 29.6. The van der Waals surface area contributed by atoms with Crippen LogP contribution in [0.25, 0.3) is 16.8 Å². The molecule has 0 bridgehead atoms. The summed E-state index contributed by atoms with van der Waals surface area (Å²) in [6.45, 7) is 0.354. The number of fused-ring (bicyclic) bond motifs is 8. The van der Waals surface area contributed by atoms with Gasteiger partial charge in [-0.3, -0.25) is 0 Å². The minimum absolute atomic E-state index is 0.344. The van der Waals surface area contributed by atoms with Gasteiger partial charge in [-0.05, 0) is 45.4 Å². The lowest BCUT2D eigenvalue weighted by Crippen LogP contribution is -2.60. The van der Waals surface area contributed by atoms with Gasteiger partial charge in [0.2, 0.25) is 6.71 Å². The summed E-state index contributed by atoms with van der Waals surface area (Å²) in [5.74, 6) is 0.405. The van der Waals surface area contributed by atoms with Crippen molar-refractivity contribution in [1.82, 2.24) is 0 Å². The Hall–Kier alpha value is -3.46. The van der Waals surface area contributed by atoms with Crippen LogP contribution >= 0.6 is 0 Å². The molecule has 0 aromatic heterocycles. The summed E-state index contributed by atoms with van der Waals surface area (Å²) in [6.07, 6.45) is 4.81. The summed E-state index contributed by atoms with van der Waals surface area (Å²) in [5, 5.41) is 2.65. The van der Waals surface area contributed by atoms with Crippen molar-refractivity contribution in [2.24, 2.45) is 0 Å². The molecule has 7 rings (SSSR count). The van der Waals surface area contributed by atoms with Crippen LogP contribution < -0.4 is 20.7 Å². The summed E-state index contributed by atoms with van der Waals surface area (Å²) in [4.78, 5) is 4.93. The van der Waals surface area contributed by atoms with Crippen molar-refractivity contribution in [3.05, 3.63) is 96.1 Å². The first-order chi connectivity index (χ1) is 15.2. The minimum atomic E-state index is 0.344. The van der Waals surface area contributed by atoms with E-state index in [9.17, 15) is 0 Å². The van der Waals surface area contributed by atoms with Gasteiger partial charge in [0.15, 0.2) is 0 Å². The Bertz CT molecular complexity index is 1410. The summed E-state index contributed by atoms with van der Waals surface area (Å²) < 4.78 is 0. The van der Waals surface area contributed by atoms with E-state index in [2.05, 4.69) is 115 Å². The lowest BCUT2D eigenvalue weighted by atomic mass is 9.28. The molecule has 4 aromatic rings. The molecule has 2 heterocycles. The molecule has 3 aliphatic rings. The van der Waals surface area contributed by atoms with Crippen LogP contribution in [0.1, 0.15) is 17.2 Å². The molecular formula is C28H23BN2. The molecule has 0 radical (unpaired) electrons. The van der Waals surface area contributed by atoms with Crippen LogP contribution in [0.15, 0.2) is 84.9 Å². The van der Waals surface area contributed by atoms with Gasteiger partial charge in [0.1, 0.15) is 0 Å². The van der Waals surface area contributed by atoms with E-state index in [4.69, 9.17) is 0 Å². The Morgan fingerprint density at radius 3 is 2.52 bits per heavy atom. The number of hydrogen-bond acceptors (Lipinski definition) is 2. The number of benzene rings is 4. The zero-order valence-electron chi connectivity index (χ0n) is 17.8. The first-order valence-electron chi connectivity index (χ1n) is 11.1. The molecule has 3 heteroatoms. The van der Waals surface area contributed by atoms with Gasteiger partial charge in [-0.2, -0.15) is 0 Å². The lowest BCUT2D eigenvalue weighted by molar-refractivity contribution is 0.660. The highest BCUT2D eigenvalue weighted by Crippen LogP contribution is 2.49. The fourth-order valence-corrected chi connectivity index (χ4v) is 6.40. The quantitative estimate of drug-likeness (QED) is 0.380. The fourth-order valence-electron chi connectivity index (χ4n) is 6.40. The van der Waals surface area contributed by atoms with Gasteiger partial charge >= 0.3 is 0 Å².